The van der Waals surface area contributed by atoms with Gasteiger partial charge in [-0.15, -0.1) is 0 Å². The maximum atomic E-state index is 3.63. The summed E-state index contributed by atoms with van der Waals surface area (Å²) in [5.74, 6) is 0. The Labute approximate surface area is 134 Å². The van der Waals surface area contributed by atoms with E-state index in [0.717, 1.165) is 21.5 Å². The third kappa shape index (κ3) is 3.01. The minimum Gasteiger partial charge on any atom is -0.310 e. The highest BCUT2D eigenvalue weighted by atomic mass is 79.9. The van der Waals surface area contributed by atoms with Crippen LogP contribution in [0.25, 0.3) is 0 Å². The largest absolute Gasteiger partial charge is 0.310 e. The zero-order valence-electron chi connectivity index (χ0n) is 11.8. The lowest BCUT2D eigenvalue weighted by Gasteiger charge is -2.25. The minimum absolute atomic E-state index is 1.12. The van der Waals surface area contributed by atoms with Crippen molar-refractivity contribution in [3.8, 4) is 0 Å². The first-order chi connectivity index (χ1) is 10.3. The molecule has 104 valence electrons. The average molecular weight is 338 g/mol. The van der Waals surface area contributed by atoms with Crippen LogP contribution in [0.3, 0.4) is 0 Å². The fourth-order valence-electron chi connectivity index (χ4n) is 2.32. The third-order valence-electron chi connectivity index (χ3n) is 3.44. The Morgan fingerprint density at radius 2 is 1.19 bits per heavy atom. The molecular weight excluding hydrogens is 322 g/mol. The van der Waals surface area contributed by atoms with Crippen molar-refractivity contribution in [1.82, 2.24) is 0 Å². The van der Waals surface area contributed by atoms with Gasteiger partial charge in [-0.2, -0.15) is 0 Å². The standard InChI is InChI=1S/C19H16BrN/c1-15-12-13-18(14-19(15)20)21(16-8-4-2-5-9-16)17-10-6-3-7-11-17/h2-14H,1H3. The molecule has 0 radical (unpaired) electrons. The molecule has 0 saturated heterocycles. The molecule has 3 aromatic carbocycles. The van der Waals surface area contributed by atoms with E-state index >= 15 is 0 Å². The van der Waals surface area contributed by atoms with Crippen LogP contribution in [0.1, 0.15) is 5.56 Å². The zero-order chi connectivity index (χ0) is 14.7. The summed E-state index contributed by atoms with van der Waals surface area (Å²) >= 11 is 3.63. The first kappa shape index (κ1) is 13.9. The molecule has 21 heavy (non-hydrogen) atoms. The highest BCUT2D eigenvalue weighted by Crippen LogP contribution is 2.35. The fraction of sp³-hybridized carbons (Fsp3) is 0.0526. The molecule has 0 atom stereocenters. The second-order valence-corrected chi connectivity index (χ2v) is 5.79. The lowest BCUT2D eigenvalue weighted by atomic mass is 10.1. The molecule has 0 aliphatic heterocycles. The molecule has 0 aliphatic rings. The van der Waals surface area contributed by atoms with Gasteiger partial charge in [0.25, 0.3) is 0 Å². The van der Waals surface area contributed by atoms with Crippen molar-refractivity contribution in [2.75, 3.05) is 4.90 Å². The number of para-hydroxylation sites is 2. The number of benzene rings is 3. The maximum Gasteiger partial charge on any atom is 0.0473 e. The normalized spacial score (nSPS) is 10.4. The highest BCUT2D eigenvalue weighted by Gasteiger charge is 2.12. The molecule has 0 aliphatic carbocycles. The topological polar surface area (TPSA) is 3.24 Å². The molecule has 0 unspecified atom stereocenters. The number of nitrogens with zero attached hydrogens (tertiary/aromatic N) is 1. The molecule has 1 nitrogen and oxygen atoms in total. The molecule has 2 heteroatoms. The third-order valence-corrected chi connectivity index (χ3v) is 4.30. The minimum atomic E-state index is 1.12. The molecule has 0 N–H and O–H groups in total. The predicted octanol–water partition coefficient (Wildman–Crippen LogP) is 6.23. The van der Waals surface area contributed by atoms with Gasteiger partial charge in [-0.1, -0.05) is 58.4 Å². The Morgan fingerprint density at radius 3 is 1.67 bits per heavy atom. The monoisotopic (exact) mass is 337 g/mol. The van der Waals surface area contributed by atoms with Gasteiger partial charge in [0.2, 0.25) is 0 Å². The van der Waals surface area contributed by atoms with E-state index in [2.05, 4.69) is 94.5 Å². The molecule has 0 amide bonds. The maximum absolute atomic E-state index is 3.63. The summed E-state index contributed by atoms with van der Waals surface area (Å²) in [5.41, 5.74) is 4.68. The Bertz CT molecular complexity index is 684. The molecule has 0 bridgehead atoms. The quantitative estimate of drug-likeness (QED) is 0.547. The fourth-order valence-corrected chi connectivity index (χ4v) is 2.69. The van der Waals surface area contributed by atoms with Gasteiger partial charge in [0.05, 0.1) is 0 Å². The van der Waals surface area contributed by atoms with Crippen LogP contribution in [-0.4, -0.2) is 0 Å². The van der Waals surface area contributed by atoms with Gasteiger partial charge in [0, 0.05) is 21.5 Å². The molecule has 0 saturated carbocycles. The van der Waals surface area contributed by atoms with E-state index in [9.17, 15) is 0 Å². The second kappa shape index (κ2) is 6.15. The molecule has 0 heterocycles. The summed E-state index contributed by atoms with van der Waals surface area (Å²) in [4.78, 5) is 2.25. The van der Waals surface area contributed by atoms with Crippen LogP contribution in [-0.2, 0) is 0 Å². The number of halogens is 1. The van der Waals surface area contributed by atoms with Crippen molar-refractivity contribution < 1.29 is 0 Å². The smallest absolute Gasteiger partial charge is 0.0473 e. The van der Waals surface area contributed by atoms with Crippen LogP contribution in [0.4, 0.5) is 17.1 Å². The van der Waals surface area contributed by atoms with Crippen LogP contribution in [0.2, 0.25) is 0 Å². The number of rotatable bonds is 3. The van der Waals surface area contributed by atoms with Crippen LogP contribution in [0.5, 0.6) is 0 Å². The van der Waals surface area contributed by atoms with Gasteiger partial charge in [-0.25, -0.2) is 0 Å². The van der Waals surface area contributed by atoms with Crippen molar-refractivity contribution in [2.45, 2.75) is 6.92 Å². The molecular formula is C19H16BrN. The van der Waals surface area contributed by atoms with E-state index in [1.165, 1.54) is 5.56 Å². The number of aryl methyl sites for hydroxylation is 1. The van der Waals surface area contributed by atoms with Crippen molar-refractivity contribution >= 4 is 33.0 Å². The van der Waals surface area contributed by atoms with Crippen molar-refractivity contribution in [3.63, 3.8) is 0 Å². The predicted molar refractivity (Wildman–Crippen MR) is 93.6 cm³/mol. The highest BCUT2D eigenvalue weighted by molar-refractivity contribution is 9.10. The Balaban J connectivity index is 2.14. The Morgan fingerprint density at radius 1 is 0.667 bits per heavy atom. The van der Waals surface area contributed by atoms with E-state index in [0.29, 0.717) is 0 Å². The Hall–Kier alpha value is -2.06. The SMILES string of the molecule is Cc1ccc(N(c2ccccc2)c2ccccc2)cc1Br. The summed E-state index contributed by atoms with van der Waals surface area (Å²) in [6.45, 7) is 2.10. The summed E-state index contributed by atoms with van der Waals surface area (Å²) in [6.07, 6.45) is 0. The molecule has 3 rings (SSSR count). The van der Waals surface area contributed by atoms with Gasteiger partial charge in [0.15, 0.2) is 0 Å². The lowest BCUT2D eigenvalue weighted by molar-refractivity contribution is 1.27. The average Bonchev–Trinajstić information content (AvgIpc) is 2.53. The number of hydrogen-bond donors (Lipinski definition) is 0. The summed E-state index contributed by atoms with van der Waals surface area (Å²) < 4.78 is 1.12. The van der Waals surface area contributed by atoms with Crippen LogP contribution in [0, 0.1) is 6.92 Å². The molecule has 0 spiro atoms. The molecule has 0 fully saturated rings. The van der Waals surface area contributed by atoms with Gasteiger partial charge in [-0.05, 0) is 48.9 Å². The number of hydrogen-bond acceptors (Lipinski definition) is 1. The summed E-state index contributed by atoms with van der Waals surface area (Å²) in [7, 11) is 0. The Kier molecular flexibility index (Phi) is 4.07. The first-order valence-electron chi connectivity index (χ1n) is 6.92. The summed E-state index contributed by atoms with van der Waals surface area (Å²) in [5, 5.41) is 0. The van der Waals surface area contributed by atoms with Gasteiger partial charge < -0.3 is 4.90 Å². The molecule has 3 aromatic rings. The molecule has 0 aromatic heterocycles. The summed E-state index contributed by atoms with van der Waals surface area (Å²) in [6, 6.07) is 27.3. The van der Waals surface area contributed by atoms with Crippen molar-refractivity contribution in [2.24, 2.45) is 0 Å². The van der Waals surface area contributed by atoms with Gasteiger partial charge >= 0.3 is 0 Å². The lowest BCUT2D eigenvalue weighted by Crippen LogP contribution is -2.09. The van der Waals surface area contributed by atoms with Gasteiger partial charge in [-0.3, -0.25) is 0 Å². The number of anilines is 3. The van der Waals surface area contributed by atoms with E-state index < -0.39 is 0 Å². The van der Waals surface area contributed by atoms with Gasteiger partial charge in [0.1, 0.15) is 0 Å². The van der Waals surface area contributed by atoms with Crippen LogP contribution in [0.15, 0.2) is 83.3 Å². The first-order valence-corrected chi connectivity index (χ1v) is 7.71. The van der Waals surface area contributed by atoms with E-state index in [1.807, 2.05) is 12.1 Å². The van der Waals surface area contributed by atoms with Crippen molar-refractivity contribution in [3.05, 3.63) is 88.9 Å². The van der Waals surface area contributed by atoms with Crippen molar-refractivity contribution in [1.29, 1.82) is 0 Å². The van der Waals surface area contributed by atoms with E-state index in [1.54, 1.807) is 0 Å². The van der Waals surface area contributed by atoms with E-state index in [4.69, 9.17) is 0 Å². The van der Waals surface area contributed by atoms with Crippen LogP contribution < -0.4 is 4.90 Å². The second-order valence-electron chi connectivity index (χ2n) is 4.94. The van der Waals surface area contributed by atoms with E-state index in [-0.39, 0.29) is 0 Å². The zero-order valence-corrected chi connectivity index (χ0v) is 13.4. The van der Waals surface area contributed by atoms with Crippen LogP contribution >= 0.6 is 15.9 Å².